The molecule has 0 heterocycles. The Kier molecular flexibility index (Phi) is 4.83. The Balaban J connectivity index is 1.68. The van der Waals surface area contributed by atoms with Crippen molar-refractivity contribution in [1.29, 1.82) is 0 Å². The summed E-state index contributed by atoms with van der Waals surface area (Å²) in [5.41, 5.74) is 7.57. The van der Waals surface area contributed by atoms with Crippen molar-refractivity contribution in [2.24, 2.45) is 11.8 Å². The molecule has 1 aliphatic rings. The van der Waals surface area contributed by atoms with Gasteiger partial charge in [-0.2, -0.15) is 0 Å². The molecular formula is C16H24N2O. The van der Waals surface area contributed by atoms with E-state index in [-0.39, 0.29) is 5.91 Å². The molecule has 1 aromatic rings. The number of benzene rings is 1. The minimum Gasteiger partial charge on any atom is -0.399 e. The summed E-state index contributed by atoms with van der Waals surface area (Å²) in [6, 6.07) is 7.74. The predicted molar refractivity (Wildman–Crippen MR) is 78.7 cm³/mol. The maximum absolute atomic E-state index is 11.8. The number of amides is 1. The minimum absolute atomic E-state index is 0.163. The zero-order valence-corrected chi connectivity index (χ0v) is 11.7. The van der Waals surface area contributed by atoms with E-state index in [9.17, 15) is 4.79 Å². The molecule has 1 aliphatic carbocycles. The number of nitrogen functional groups attached to an aromatic ring is 1. The Morgan fingerprint density at radius 1 is 1.32 bits per heavy atom. The van der Waals surface area contributed by atoms with Gasteiger partial charge in [0.2, 0.25) is 5.91 Å². The molecule has 1 fully saturated rings. The number of rotatable bonds is 5. The standard InChI is InChI=1S/C16H24N2O/c1-12-3-2-4-14(12)11-18-16(19)10-7-13-5-8-15(17)9-6-13/h5-6,8-9,12,14H,2-4,7,10-11,17H2,1H3,(H,18,19). The van der Waals surface area contributed by atoms with Gasteiger partial charge in [-0.25, -0.2) is 0 Å². The normalized spacial score (nSPS) is 22.4. The van der Waals surface area contributed by atoms with Gasteiger partial charge in [0, 0.05) is 18.7 Å². The summed E-state index contributed by atoms with van der Waals surface area (Å²) in [7, 11) is 0. The molecular weight excluding hydrogens is 236 g/mol. The molecule has 0 aromatic heterocycles. The molecule has 1 saturated carbocycles. The molecule has 2 rings (SSSR count). The molecule has 1 aromatic carbocycles. The van der Waals surface area contributed by atoms with Crippen molar-refractivity contribution in [2.45, 2.75) is 39.0 Å². The van der Waals surface area contributed by atoms with Crippen LogP contribution in [0, 0.1) is 11.8 Å². The van der Waals surface area contributed by atoms with Crippen LogP contribution in [0.1, 0.15) is 38.2 Å². The van der Waals surface area contributed by atoms with Crippen molar-refractivity contribution < 1.29 is 4.79 Å². The Bertz CT molecular complexity index is 413. The number of nitrogens with one attached hydrogen (secondary N) is 1. The molecule has 0 spiro atoms. The van der Waals surface area contributed by atoms with Crippen LogP contribution in [-0.4, -0.2) is 12.5 Å². The van der Waals surface area contributed by atoms with Gasteiger partial charge in [-0.05, 0) is 42.4 Å². The van der Waals surface area contributed by atoms with Crippen LogP contribution >= 0.6 is 0 Å². The molecule has 0 radical (unpaired) electrons. The molecule has 3 heteroatoms. The van der Waals surface area contributed by atoms with E-state index in [1.165, 1.54) is 24.8 Å². The first-order chi connectivity index (χ1) is 9.15. The quantitative estimate of drug-likeness (QED) is 0.800. The molecule has 19 heavy (non-hydrogen) atoms. The SMILES string of the molecule is CC1CCCC1CNC(=O)CCc1ccc(N)cc1. The summed E-state index contributed by atoms with van der Waals surface area (Å²) in [6.07, 6.45) is 5.23. The highest BCUT2D eigenvalue weighted by atomic mass is 16.1. The van der Waals surface area contributed by atoms with Gasteiger partial charge in [-0.1, -0.05) is 31.9 Å². The molecule has 0 bridgehead atoms. The summed E-state index contributed by atoms with van der Waals surface area (Å²) in [4.78, 5) is 11.8. The fourth-order valence-corrected chi connectivity index (χ4v) is 2.80. The van der Waals surface area contributed by atoms with Crippen LogP contribution in [0.3, 0.4) is 0 Å². The Morgan fingerprint density at radius 2 is 2.05 bits per heavy atom. The van der Waals surface area contributed by atoms with E-state index in [0.29, 0.717) is 12.3 Å². The van der Waals surface area contributed by atoms with Crippen LogP contribution in [0.4, 0.5) is 5.69 Å². The third kappa shape index (κ3) is 4.27. The lowest BCUT2D eigenvalue weighted by atomic mass is 9.98. The molecule has 1 amide bonds. The second kappa shape index (κ2) is 6.60. The second-order valence-corrected chi connectivity index (χ2v) is 5.71. The first-order valence-electron chi connectivity index (χ1n) is 7.26. The number of nitrogens with two attached hydrogens (primary N) is 1. The zero-order chi connectivity index (χ0) is 13.7. The lowest BCUT2D eigenvalue weighted by molar-refractivity contribution is -0.121. The lowest BCUT2D eigenvalue weighted by Gasteiger charge is -2.15. The topological polar surface area (TPSA) is 55.1 Å². The summed E-state index contributed by atoms with van der Waals surface area (Å²) in [6.45, 7) is 3.14. The number of carbonyl (C=O) groups excluding carboxylic acids is 1. The maximum atomic E-state index is 11.8. The van der Waals surface area contributed by atoms with E-state index in [4.69, 9.17) is 5.73 Å². The highest BCUT2D eigenvalue weighted by Crippen LogP contribution is 2.30. The van der Waals surface area contributed by atoms with Crippen molar-refractivity contribution in [3.05, 3.63) is 29.8 Å². The molecule has 2 atom stereocenters. The molecule has 0 aliphatic heterocycles. The van der Waals surface area contributed by atoms with Gasteiger partial charge in [0.15, 0.2) is 0 Å². The van der Waals surface area contributed by atoms with Gasteiger partial charge in [0.05, 0.1) is 0 Å². The van der Waals surface area contributed by atoms with Crippen molar-refractivity contribution in [1.82, 2.24) is 5.32 Å². The predicted octanol–water partition coefficient (Wildman–Crippen LogP) is 2.75. The van der Waals surface area contributed by atoms with Crippen molar-refractivity contribution in [3.63, 3.8) is 0 Å². The van der Waals surface area contributed by atoms with Gasteiger partial charge in [0.1, 0.15) is 0 Å². The lowest BCUT2D eigenvalue weighted by Crippen LogP contribution is -2.30. The minimum atomic E-state index is 0.163. The van der Waals surface area contributed by atoms with Gasteiger partial charge >= 0.3 is 0 Å². The van der Waals surface area contributed by atoms with E-state index < -0.39 is 0 Å². The monoisotopic (exact) mass is 260 g/mol. The third-order valence-electron chi connectivity index (χ3n) is 4.22. The second-order valence-electron chi connectivity index (χ2n) is 5.71. The largest absolute Gasteiger partial charge is 0.399 e. The Morgan fingerprint density at radius 3 is 2.68 bits per heavy atom. The first kappa shape index (κ1) is 13.9. The summed E-state index contributed by atoms with van der Waals surface area (Å²) in [5.74, 6) is 1.61. The number of hydrogen-bond acceptors (Lipinski definition) is 2. The summed E-state index contributed by atoms with van der Waals surface area (Å²) < 4.78 is 0. The number of carbonyl (C=O) groups is 1. The Labute approximate surface area is 115 Å². The molecule has 0 saturated heterocycles. The summed E-state index contributed by atoms with van der Waals surface area (Å²) in [5, 5.41) is 3.07. The smallest absolute Gasteiger partial charge is 0.220 e. The van der Waals surface area contributed by atoms with Crippen molar-refractivity contribution in [3.8, 4) is 0 Å². The van der Waals surface area contributed by atoms with E-state index in [0.717, 1.165) is 24.6 Å². The molecule has 104 valence electrons. The highest BCUT2D eigenvalue weighted by Gasteiger charge is 2.23. The van der Waals surface area contributed by atoms with Crippen molar-refractivity contribution in [2.75, 3.05) is 12.3 Å². The zero-order valence-electron chi connectivity index (χ0n) is 11.7. The number of anilines is 1. The van der Waals surface area contributed by atoms with Crippen LogP contribution in [0.2, 0.25) is 0 Å². The molecule has 3 nitrogen and oxygen atoms in total. The highest BCUT2D eigenvalue weighted by molar-refractivity contribution is 5.76. The van der Waals surface area contributed by atoms with Crippen LogP contribution in [-0.2, 0) is 11.2 Å². The number of aryl methyl sites for hydroxylation is 1. The van der Waals surface area contributed by atoms with Gasteiger partial charge in [0.25, 0.3) is 0 Å². The van der Waals surface area contributed by atoms with E-state index in [1.807, 2.05) is 24.3 Å². The third-order valence-corrected chi connectivity index (χ3v) is 4.22. The van der Waals surface area contributed by atoms with E-state index >= 15 is 0 Å². The van der Waals surface area contributed by atoms with E-state index in [2.05, 4.69) is 12.2 Å². The fraction of sp³-hybridized carbons (Fsp3) is 0.562. The van der Waals surface area contributed by atoms with Crippen LogP contribution in [0.15, 0.2) is 24.3 Å². The summed E-state index contributed by atoms with van der Waals surface area (Å²) >= 11 is 0. The fourth-order valence-electron chi connectivity index (χ4n) is 2.80. The first-order valence-corrected chi connectivity index (χ1v) is 7.26. The van der Waals surface area contributed by atoms with Crippen molar-refractivity contribution >= 4 is 11.6 Å². The van der Waals surface area contributed by atoms with E-state index in [1.54, 1.807) is 0 Å². The average molecular weight is 260 g/mol. The van der Waals surface area contributed by atoms with Gasteiger partial charge < -0.3 is 11.1 Å². The van der Waals surface area contributed by atoms with Gasteiger partial charge in [-0.15, -0.1) is 0 Å². The van der Waals surface area contributed by atoms with Crippen LogP contribution < -0.4 is 11.1 Å². The number of hydrogen-bond donors (Lipinski definition) is 2. The molecule has 3 N–H and O–H groups in total. The molecule has 2 unspecified atom stereocenters. The average Bonchev–Trinajstić information content (AvgIpc) is 2.81. The van der Waals surface area contributed by atoms with Gasteiger partial charge in [-0.3, -0.25) is 4.79 Å². The van der Waals surface area contributed by atoms with Crippen LogP contribution in [0.25, 0.3) is 0 Å². The maximum Gasteiger partial charge on any atom is 0.220 e. The Hall–Kier alpha value is -1.51. The van der Waals surface area contributed by atoms with Crippen LogP contribution in [0.5, 0.6) is 0 Å².